The first-order valence-electron chi connectivity index (χ1n) is 23.9. The van der Waals surface area contributed by atoms with Crippen LogP contribution in [-0.4, -0.2) is 37.2 Å². The molecule has 0 N–H and O–H groups in total. The smallest absolute Gasteiger partial charge is 0.306 e. The number of esters is 3. The minimum atomic E-state index is -0.759. The topological polar surface area (TPSA) is 78.9 Å². The van der Waals surface area contributed by atoms with Crippen LogP contribution in [0.25, 0.3) is 0 Å². The SMILES string of the molecule is CCCCCCCCCCCCCC(=O)OC[C@@H](COC(=O)CCCCCCCCCCCCCC(C)C)OC(=O)CCCCCCCCCCCCC. The second-order valence-corrected chi connectivity index (χ2v) is 16.9. The van der Waals surface area contributed by atoms with E-state index in [1.165, 1.54) is 161 Å². The van der Waals surface area contributed by atoms with Gasteiger partial charge in [-0.05, 0) is 25.2 Å². The predicted molar refractivity (Wildman–Crippen MR) is 229 cm³/mol. The molecule has 0 aromatic heterocycles. The van der Waals surface area contributed by atoms with E-state index in [1.807, 2.05) is 0 Å². The summed E-state index contributed by atoms with van der Waals surface area (Å²) in [5.74, 6) is -0.0246. The Morgan fingerprint density at radius 3 is 0.907 bits per heavy atom. The lowest BCUT2D eigenvalue weighted by Crippen LogP contribution is -2.30. The van der Waals surface area contributed by atoms with E-state index in [1.54, 1.807) is 0 Å². The van der Waals surface area contributed by atoms with E-state index in [2.05, 4.69) is 27.7 Å². The lowest BCUT2D eigenvalue weighted by atomic mass is 10.0. The van der Waals surface area contributed by atoms with Gasteiger partial charge in [-0.3, -0.25) is 14.4 Å². The third-order valence-electron chi connectivity index (χ3n) is 10.8. The molecule has 0 radical (unpaired) electrons. The Balaban J connectivity index is 4.31. The van der Waals surface area contributed by atoms with Gasteiger partial charge in [-0.1, -0.05) is 227 Å². The normalized spacial score (nSPS) is 11.9. The molecule has 54 heavy (non-hydrogen) atoms. The summed E-state index contributed by atoms with van der Waals surface area (Å²) in [5, 5.41) is 0. The van der Waals surface area contributed by atoms with E-state index >= 15 is 0 Å². The number of carbonyl (C=O) groups excluding carboxylic acids is 3. The van der Waals surface area contributed by atoms with Crippen LogP contribution in [0.3, 0.4) is 0 Å². The average Bonchev–Trinajstić information content (AvgIpc) is 3.15. The van der Waals surface area contributed by atoms with Gasteiger partial charge in [0.1, 0.15) is 13.2 Å². The van der Waals surface area contributed by atoms with Crippen LogP contribution in [0, 0.1) is 5.92 Å². The maximum atomic E-state index is 12.7. The fourth-order valence-corrected chi connectivity index (χ4v) is 7.16. The summed E-state index contributed by atoms with van der Waals surface area (Å²) in [6, 6.07) is 0. The fourth-order valence-electron chi connectivity index (χ4n) is 7.16. The van der Waals surface area contributed by atoms with E-state index in [-0.39, 0.29) is 31.1 Å². The first-order chi connectivity index (χ1) is 26.4. The zero-order valence-corrected chi connectivity index (χ0v) is 36.7. The standard InChI is InChI=1S/C48H92O6/c1-5-7-9-11-13-15-18-23-27-31-35-39-46(49)52-42-45(54-48(51)41-37-33-29-25-19-16-14-12-10-8-6-2)43-53-47(50)40-36-32-28-24-21-17-20-22-26-30-34-38-44(3)4/h44-45H,5-43H2,1-4H3/t45-/m0/s1. The maximum absolute atomic E-state index is 12.7. The van der Waals surface area contributed by atoms with E-state index in [4.69, 9.17) is 14.2 Å². The van der Waals surface area contributed by atoms with Gasteiger partial charge in [-0.2, -0.15) is 0 Å². The third-order valence-corrected chi connectivity index (χ3v) is 10.8. The molecule has 0 aliphatic rings. The maximum Gasteiger partial charge on any atom is 0.306 e. The Kier molecular flexibility index (Phi) is 41.3. The van der Waals surface area contributed by atoms with Crippen molar-refractivity contribution >= 4 is 17.9 Å². The first-order valence-corrected chi connectivity index (χ1v) is 23.9. The highest BCUT2D eigenvalue weighted by Crippen LogP contribution is 2.16. The zero-order valence-electron chi connectivity index (χ0n) is 36.7. The van der Waals surface area contributed by atoms with Crippen molar-refractivity contribution < 1.29 is 28.6 Å². The second kappa shape index (κ2) is 42.6. The van der Waals surface area contributed by atoms with Crippen LogP contribution >= 0.6 is 0 Å². The quantitative estimate of drug-likeness (QED) is 0.0349. The summed E-state index contributed by atoms with van der Waals surface area (Å²) in [6.07, 6.45) is 42.2. The predicted octanol–water partition coefficient (Wildman–Crippen LogP) is 15.1. The van der Waals surface area contributed by atoms with Crippen molar-refractivity contribution in [1.82, 2.24) is 0 Å². The second-order valence-electron chi connectivity index (χ2n) is 16.9. The Labute approximate surface area is 336 Å². The van der Waals surface area contributed by atoms with Crippen molar-refractivity contribution in [3.8, 4) is 0 Å². The summed E-state index contributed by atoms with van der Waals surface area (Å²) in [4.78, 5) is 37.7. The molecule has 0 unspecified atom stereocenters. The van der Waals surface area contributed by atoms with Gasteiger partial charge < -0.3 is 14.2 Å². The number of unbranched alkanes of at least 4 members (excludes halogenated alkanes) is 30. The Morgan fingerprint density at radius 2 is 0.611 bits per heavy atom. The minimum absolute atomic E-state index is 0.0634. The van der Waals surface area contributed by atoms with Crippen LogP contribution in [0.2, 0.25) is 0 Å². The van der Waals surface area contributed by atoms with Crippen LogP contribution in [0.15, 0.2) is 0 Å². The van der Waals surface area contributed by atoms with Gasteiger partial charge in [0.15, 0.2) is 6.10 Å². The lowest BCUT2D eigenvalue weighted by Gasteiger charge is -2.18. The summed E-state index contributed by atoms with van der Waals surface area (Å²) in [5.41, 5.74) is 0. The first kappa shape index (κ1) is 52.4. The summed E-state index contributed by atoms with van der Waals surface area (Å²) < 4.78 is 16.7. The van der Waals surface area contributed by atoms with Gasteiger partial charge in [0, 0.05) is 19.3 Å². The summed E-state index contributed by atoms with van der Waals surface area (Å²) >= 11 is 0. The van der Waals surface area contributed by atoms with Crippen molar-refractivity contribution in [3.63, 3.8) is 0 Å². The molecule has 0 saturated heterocycles. The number of rotatable bonds is 43. The molecule has 0 aliphatic heterocycles. The zero-order chi connectivity index (χ0) is 39.6. The number of hydrogen-bond acceptors (Lipinski definition) is 6. The molecule has 0 heterocycles. The molecule has 0 aromatic carbocycles. The highest BCUT2D eigenvalue weighted by Gasteiger charge is 2.19. The van der Waals surface area contributed by atoms with Crippen LogP contribution in [-0.2, 0) is 28.6 Å². The Bertz CT molecular complexity index is 811. The van der Waals surface area contributed by atoms with Crippen molar-refractivity contribution in [2.24, 2.45) is 5.92 Å². The number of hydrogen-bond donors (Lipinski definition) is 0. The van der Waals surface area contributed by atoms with Crippen molar-refractivity contribution in [2.75, 3.05) is 13.2 Å². The molecule has 0 rings (SSSR count). The molecule has 6 nitrogen and oxygen atoms in total. The fraction of sp³-hybridized carbons (Fsp3) is 0.938. The molecule has 0 aliphatic carbocycles. The van der Waals surface area contributed by atoms with E-state index < -0.39 is 6.10 Å². The molecule has 1 atom stereocenters. The highest BCUT2D eigenvalue weighted by molar-refractivity contribution is 5.71. The molecule has 0 spiro atoms. The van der Waals surface area contributed by atoms with E-state index in [9.17, 15) is 14.4 Å². The van der Waals surface area contributed by atoms with Crippen LogP contribution in [0.1, 0.15) is 265 Å². The van der Waals surface area contributed by atoms with Gasteiger partial charge in [-0.15, -0.1) is 0 Å². The van der Waals surface area contributed by atoms with Crippen LogP contribution in [0.4, 0.5) is 0 Å². The number of ether oxygens (including phenoxy) is 3. The van der Waals surface area contributed by atoms with Crippen molar-refractivity contribution in [3.05, 3.63) is 0 Å². The molecular weight excluding hydrogens is 673 g/mol. The van der Waals surface area contributed by atoms with Gasteiger partial charge in [0.25, 0.3) is 0 Å². The molecular formula is C48H92O6. The molecule has 0 aromatic rings. The molecule has 0 amide bonds. The van der Waals surface area contributed by atoms with Crippen molar-refractivity contribution in [2.45, 2.75) is 271 Å². The molecule has 6 heteroatoms. The number of carbonyl (C=O) groups is 3. The van der Waals surface area contributed by atoms with Crippen LogP contribution in [0.5, 0.6) is 0 Å². The average molecular weight is 765 g/mol. The Morgan fingerprint density at radius 1 is 0.352 bits per heavy atom. The van der Waals surface area contributed by atoms with Crippen molar-refractivity contribution in [1.29, 1.82) is 0 Å². The third kappa shape index (κ3) is 41.6. The van der Waals surface area contributed by atoms with Crippen LogP contribution < -0.4 is 0 Å². The molecule has 320 valence electrons. The van der Waals surface area contributed by atoms with E-state index in [0.717, 1.165) is 63.7 Å². The minimum Gasteiger partial charge on any atom is -0.462 e. The van der Waals surface area contributed by atoms with E-state index in [0.29, 0.717) is 19.3 Å². The summed E-state index contributed by atoms with van der Waals surface area (Å²) in [7, 11) is 0. The molecule has 0 saturated carbocycles. The monoisotopic (exact) mass is 765 g/mol. The summed E-state index contributed by atoms with van der Waals surface area (Å²) in [6.45, 7) is 8.99. The van der Waals surface area contributed by atoms with Gasteiger partial charge >= 0.3 is 17.9 Å². The molecule has 0 bridgehead atoms. The highest BCUT2D eigenvalue weighted by atomic mass is 16.6. The van der Waals surface area contributed by atoms with Gasteiger partial charge in [0.2, 0.25) is 0 Å². The van der Waals surface area contributed by atoms with Gasteiger partial charge in [0.05, 0.1) is 0 Å². The van der Waals surface area contributed by atoms with Gasteiger partial charge in [-0.25, -0.2) is 0 Å². The Hall–Kier alpha value is -1.59. The largest absolute Gasteiger partial charge is 0.462 e. The molecule has 0 fully saturated rings. The lowest BCUT2D eigenvalue weighted by molar-refractivity contribution is -0.167.